The van der Waals surface area contributed by atoms with Gasteiger partial charge in [-0.05, 0) is 31.9 Å². The smallest absolute Gasteiger partial charge is 0.253 e. The molecule has 7 heteroatoms. The van der Waals surface area contributed by atoms with E-state index in [2.05, 4.69) is 15.6 Å². The van der Waals surface area contributed by atoms with E-state index in [1.807, 2.05) is 38.1 Å². The largest absolute Gasteiger partial charge is 0.382 e. The van der Waals surface area contributed by atoms with Gasteiger partial charge in [-0.15, -0.1) is 0 Å². The van der Waals surface area contributed by atoms with Crippen LogP contribution in [0.15, 0.2) is 47.4 Å². The molecule has 2 rings (SSSR count). The lowest BCUT2D eigenvalue weighted by molar-refractivity contribution is -0.123. The summed E-state index contributed by atoms with van der Waals surface area (Å²) in [7, 11) is 0. The highest BCUT2D eigenvalue weighted by atomic mass is 16.5. The maximum atomic E-state index is 12.7. The molecule has 0 spiro atoms. The van der Waals surface area contributed by atoms with Crippen LogP contribution in [0.5, 0.6) is 0 Å². The highest BCUT2D eigenvalue weighted by Crippen LogP contribution is 2.15. The summed E-state index contributed by atoms with van der Waals surface area (Å²) in [5.41, 5.74) is 1.71. The molecule has 27 heavy (non-hydrogen) atoms. The van der Waals surface area contributed by atoms with Crippen molar-refractivity contribution < 1.29 is 14.3 Å². The van der Waals surface area contributed by atoms with E-state index in [9.17, 15) is 14.4 Å². The number of nitrogens with one attached hydrogen (secondary N) is 3. The standard InChI is InChI=1S/C20H25N3O4/c1-3-27-12-4-11-21-20(26)18(15-7-5-14(2)6-8-15)23-19(25)16-9-10-17(24)22-13-16/h5-10,13,18H,3-4,11-12H2,1-2H3,(H,21,26)(H,22,24)(H,23,25)/t18-/m0/s1. The van der Waals surface area contributed by atoms with Gasteiger partial charge >= 0.3 is 0 Å². The third-order valence-corrected chi connectivity index (χ3v) is 3.96. The number of H-pyrrole nitrogens is 1. The second-order valence-electron chi connectivity index (χ2n) is 6.10. The predicted molar refractivity (Wildman–Crippen MR) is 103 cm³/mol. The van der Waals surface area contributed by atoms with Crippen LogP contribution in [0.1, 0.15) is 40.9 Å². The van der Waals surface area contributed by atoms with E-state index in [0.29, 0.717) is 31.7 Å². The number of carbonyl (C=O) groups excluding carboxylic acids is 2. The fourth-order valence-corrected chi connectivity index (χ4v) is 2.46. The van der Waals surface area contributed by atoms with Gasteiger partial charge in [0.05, 0.1) is 5.56 Å². The molecule has 144 valence electrons. The number of pyridine rings is 1. The monoisotopic (exact) mass is 371 g/mol. The summed E-state index contributed by atoms with van der Waals surface area (Å²) in [6, 6.07) is 9.24. The number of aryl methyl sites for hydroxylation is 1. The van der Waals surface area contributed by atoms with Gasteiger partial charge in [0.1, 0.15) is 6.04 Å². The van der Waals surface area contributed by atoms with Crippen LogP contribution >= 0.6 is 0 Å². The molecular formula is C20H25N3O4. The third-order valence-electron chi connectivity index (χ3n) is 3.96. The summed E-state index contributed by atoms with van der Waals surface area (Å²) in [6.45, 7) is 5.52. The van der Waals surface area contributed by atoms with Crippen LogP contribution in [0.2, 0.25) is 0 Å². The Morgan fingerprint density at radius 2 is 1.89 bits per heavy atom. The summed E-state index contributed by atoms with van der Waals surface area (Å²) in [5, 5.41) is 5.57. The van der Waals surface area contributed by atoms with Crippen molar-refractivity contribution in [1.82, 2.24) is 15.6 Å². The molecular weight excluding hydrogens is 346 g/mol. The van der Waals surface area contributed by atoms with Crippen LogP contribution in [-0.4, -0.2) is 36.6 Å². The zero-order valence-corrected chi connectivity index (χ0v) is 15.6. The summed E-state index contributed by atoms with van der Waals surface area (Å²) in [5.74, 6) is -0.741. The molecule has 2 amide bonds. The maximum Gasteiger partial charge on any atom is 0.253 e. The minimum Gasteiger partial charge on any atom is -0.382 e. The topological polar surface area (TPSA) is 100 Å². The first-order valence-corrected chi connectivity index (χ1v) is 8.93. The summed E-state index contributed by atoms with van der Waals surface area (Å²) in [6.07, 6.45) is 2.01. The Labute approximate surface area is 158 Å². The second-order valence-corrected chi connectivity index (χ2v) is 6.10. The van der Waals surface area contributed by atoms with Crippen LogP contribution < -0.4 is 16.2 Å². The molecule has 0 radical (unpaired) electrons. The van der Waals surface area contributed by atoms with Crippen molar-refractivity contribution in [2.75, 3.05) is 19.8 Å². The van der Waals surface area contributed by atoms with Gasteiger partial charge in [0.2, 0.25) is 11.5 Å². The van der Waals surface area contributed by atoms with Gasteiger partial charge in [-0.3, -0.25) is 14.4 Å². The Morgan fingerprint density at radius 3 is 2.52 bits per heavy atom. The summed E-state index contributed by atoms with van der Waals surface area (Å²) < 4.78 is 5.26. The van der Waals surface area contributed by atoms with Crippen molar-refractivity contribution in [1.29, 1.82) is 0 Å². The van der Waals surface area contributed by atoms with E-state index in [1.165, 1.54) is 18.3 Å². The molecule has 0 fully saturated rings. The van der Waals surface area contributed by atoms with E-state index in [-0.39, 0.29) is 17.0 Å². The predicted octanol–water partition coefficient (Wildman–Crippen LogP) is 1.70. The molecule has 1 aromatic carbocycles. The lowest BCUT2D eigenvalue weighted by atomic mass is 10.0. The van der Waals surface area contributed by atoms with Crippen LogP contribution in [0, 0.1) is 6.92 Å². The van der Waals surface area contributed by atoms with Crippen molar-refractivity contribution in [3.8, 4) is 0 Å². The number of aromatic nitrogens is 1. The van der Waals surface area contributed by atoms with Gasteiger partial charge in [0, 0.05) is 32.0 Å². The highest BCUT2D eigenvalue weighted by molar-refractivity contribution is 5.97. The number of benzene rings is 1. The maximum absolute atomic E-state index is 12.7. The van der Waals surface area contributed by atoms with Gasteiger partial charge in [0.25, 0.3) is 5.91 Å². The van der Waals surface area contributed by atoms with E-state index < -0.39 is 11.9 Å². The molecule has 0 bridgehead atoms. The third kappa shape index (κ3) is 6.38. The molecule has 0 unspecified atom stereocenters. The quantitative estimate of drug-likeness (QED) is 0.584. The zero-order valence-electron chi connectivity index (χ0n) is 15.6. The molecule has 0 saturated carbocycles. The first-order valence-electron chi connectivity index (χ1n) is 8.93. The summed E-state index contributed by atoms with van der Waals surface area (Å²) >= 11 is 0. The number of amides is 2. The van der Waals surface area contributed by atoms with Crippen molar-refractivity contribution in [2.24, 2.45) is 0 Å². The molecule has 3 N–H and O–H groups in total. The molecule has 1 aromatic heterocycles. The average Bonchev–Trinajstić information content (AvgIpc) is 2.67. The second kappa shape index (κ2) is 10.3. The van der Waals surface area contributed by atoms with Gasteiger partial charge in [0.15, 0.2) is 0 Å². The van der Waals surface area contributed by atoms with E-state index in [4.69, 9.17) is 4.74 Å². The normalized spacial score (nSPS) is 11.6. The zero-order chi connectivity index (χ0) is 19.6. The lowest BCUT2D eigenvalue weighted by Gasteiger charge is -2.19. The van der Waals surface area contributed by atoms with Crippen molar-refractivity contribution in [3.05, 3.63) is 69.6 Å². The Hall–Kier alpha value is -2.93. The fraction of sp³-hybridized carbons (Fsp3) is 0.350. The highest BCUT2D eigenvalue weighted by Gasteiger charge is 2.23. The molecule has 0 saturated heterocycles. The Morgan fingerprint density at radius 1 is 1.15 bits per heavy atom. The Bertz CT molecular complexity index is 794. The number of rotatable bonds is 9. The summed E-state index contributed by atoms with van der Waals surface area (Å²) in [4.78, 5) is 38.8. The molecule has 0 aliphatic rings. The first-order chi connectivity index (χ1) is 13.0. The lowest BCUT2D eigenvalue weighted by Crippen LogP contribution is -2.41. The minimum absolute atomic E-state index is 0.274. The Balaban J connectivity index is 2.10. The molecule has 2 aromatic rings. The van der Waals surface area contributed by atoms with Crippen molar-refractivity contribution in [2.45, 2.75) is 26.3 Å². The molecule has 0 aliphatic heterocycles. The number of aromatic amines is 1. The van der Waals surface area contributed by atoms with Gasteiger partial charge in [-0.25, -0.2) is 0 Å². The molecule has 7 nitrogen and oxygen atoms in total. The van der Waals surface area contributed by atoms with Crippen LogP contribution in [0.4, 0.5) is 0 Å². The van der Waals surface area contributed by atoms with E-state index >= 15 is 0 Å². The number of carbonyl (C=O) groups is 2. The minimum atomic E-state index is -0.836. The van der Waals surface area contributed by atoms with Crippen molar-refractivity contribution >= 4 is 11.8 Å². The Kier molecular flexibility index (Phi) is 7.76. The number of ether oxygens (including phenoxy) is 1. The van der Waals surface area contributed by atoms with Crippen LogP contribution in [-0.2, 0) is 9.53 Å². The fourth-order valence-electron chi connectivity index (χ4n) is 2.46. The first kappa shape index (κ1) is 20.4. The SMILES string of the molecule is CCOCCCNC(=O)[C@@H](NC(=O)c1ccc(=O)[nH]c1)c1ccc(C)cc1. The van der Waals surface area contributed by atoms with E-state index in [0.717, 1.165) is 5.56 Å². The van der Waals surface area contributed by atoms with Gasteiger partial charge in [-0.1, -0.05) is 29.8 Å². The van der Waals surface area contributed by atoms with Crippen LogP contribution in [0.25, 0.3) is 0 Å². The number of hydrogen-bond donors (Lipinski definition) is 3. The number of hydrogen-bond acceptors (Lipinski definition) is 4. The van der Waals surface area contributed by atoms with Gasteiger partial charge in [-0.2, -0.15) is 0 Å². The molecule has 0 aliphatic carbocycles. The van der Waals surface area contributed by atoms with Crippen LogP contribution in [0.3, 0.4) is 0 Å². The average molecular weight is 371 g/mol. The van der Waals surface area contributed by atoms with Crippen molar-refractivity contribution in [3.63, 3.8) is 0 Å². The molecule has 1 atom stereocenters. The van der Waals surface area contributed by atoms with Gasteiger partial charge < -0.3 is 20.4 Å². The molecule has 1 heterocycles. The van der Waals surface area contributed by atoms with E-state index in [1.54, 1.807) is 0 Å².